The summed E-state index contributed by atoms with van der Waals surface area (Å²) in [5, 5.41) is 9.85. The van der Waals surface area contributed by atoms with Crippen molar-refractivity contribution in [2.24, 2.45) is 0 Å². The Labute approximate surface area is 89.5 Å². The minimum absolute atomic E-state index is 0.413. The maximum absolute atomic E-state index is 9.85. The van der Waals surface area contributed by atoms with Gasteiger partial charge in [-0.1, -0.05) is 6.92 Å². The lowest BCUT2D eigenvalue weighted by Crippen LogP contribution is -2.08. The maximum Gasteiger partial charge on any atom is 0.137 e. The summed E-state index contributed by atoms with van der Waals surface area (Å²) >= 11 is 1.85. The summed E-state index contributed by atoms with van der Waals surface area (Å²) in [6, 6.07) is 0. The van der Waals surface area contributed by atoms with Gasteiger partial charge in [0.15, 0.2) is 0 Å². The molecule has 3 nitrogen and oxygen atoms in total. The summed E-state index contributed by atoms with van der Waals surface area (Å²) < 4.78 is 1.99. The van der Waals surface area contributed by atoms with Crippen LogP contribution < -0.4 is 0 Å². The Hall–Kier alpha value is -0.480. The van der Waals surface area contributed by atoms with Crippen LogP contribution in [0.2, 0.25) is 0 Å². The number of thioether (sulfide) groups is 1. The van der Waals surface area contributed by atoms with Crippen molar-refractivity contribution in [2.45, 2.75) is 32.9 Å². The fraction of sp³-hybridized carbons (Fsp3) is 0.700. The van der Waals surface area contributed by atoms with Crippen LogP contribution in [-0.2, 0) is 6.54 Å². The molecule has 0 aliphatic heterocycles. The van der Waals surface area contributed by atoms with E-state index in [1.807, 2.05) is 22.5 Å². The van der Waals surface area contributed by atoms with E-state index in [1.54, 1.807) is 6.20 Å². The molecule has 0 saturated carbocycles. The fourth-order valence-corrected chi connectivity index (χ4v) is 2.03. The number of rotatable bonds is 6. The Morgan fingerprint density at radius 1 is 1.57 bits per heavy atom. The Bertz CT molecular complexity index is 262. The zero-order chi connectivity index (χ0) is 10.4. The largest absolute Gasteiger partial charge is 0.385 e. The molecular formula is C10H18N2OS. The van der Waals surface area contributed by atoms with E-state index >= 15 is 0 Å². The standard InChI is InChI=1S/C10H18N2OS/c1-3-12-7-6-11-10(12)9(13)5-8-14-4-2/h6-7,9,13H,3-5,8H2,1-2H3. The molecule has 0 aromatic carbocycles. The second-order valence-electron chi connectivity index (χ2n) is 3.07. The van der Waals surface area contributed by atoms with Gasteiger partial charge in [0.05, 0.1) is 0 Å². The molecule has 0 saturated heterocycles. The van der Waals surface area contributed by atoms with Crippen molar-refractivity contribution in [3.63, 3.8) is 0 Å². The quantitative estimate of drug-likeness (QED) is 0.737. The Morgan fingerprint density at radius 3 is 3.00 bits per heavy atom. The van der Waals surface area contributed by atoms with Crippen LogP contribution in [0.3, 0.4) is 0 Å². The van der Waals surface area contributed by atoms with Crippen molar-refractivity contribution >= 4 is 11.8 Å². The zero-order valence-corrected chi connectivity index (χ0v) is 9.63. The first-order valence-corrected chi connectivity index (χ1v) is 6.21. The number of aliphatic hydroxyl groups is 1. The lowest BCUT2D eigenvalue weighted by molar-refractivity contribution is 0.160. The van der Waals surface area contributed by atoms with Gasteiger partial charge >= 0.3 is 0 Å². The molecule has 0 fully saturated rings. The number of aromatic nitrogens is 2. The molecule has 0 spiro atoms. The van der Waals surface area contributed by atoms with Crippen LogP contribution in [0, 0.1) is 0 Å². The molecule has 1 atom stereocenters. The predicted octanol–water partition coefficient (Wildman–Crippen LogP) is 2.08. The monoisotopic (exact) mass is 214 g/mol. The van der Waals surface area contributed by atoms with Gasteiger partial charge in [-0.15, -0.1) is 0 Å². The number of aliphatic hydroxyl groups excluding tert-OH is 1. The van der Waals surface area contributed by atoms with E-state index < -0.39 is 6.10 Å². The lowest BCUT2D eigenvalue weighted by Gasteiger charge is -2.11. The molecule has 1 aromatic heterocycles. The van der Waals surface area contributed by atoms with Crippen molar-refractivity contribution in [2.75, 3.05) is 11.5 Å². The van der Waals surface area contributed by atoms with E-state index in [4.69, 9.17) is 0 Å². The molecule has 1 heterocycles. The summed E-state index contributed by atoms with van der Waals surface area (Å²) in [4.78, 5) is 4.17. The number of aryl methyl sites for hydroxylation is 1. The Morgan fingerprint density at radius 2 is 2.36 bits per heavy atom. The van der Waals surface area contributed by atoms with Crippen LogP contribution in [-0.4, -0.2) is 26.2 Å². The van der Waals surface area contributed by atoms with E-state index in [9.17, 15) is 5.11 Å². The van der Waals surface area contributed by atoms with E-state index in [1.165, 1.54) is 0 Å². The topological polar surface area (TPSA) is 38.1 Å². The first-order chi connectivity index (χ1) is 6.79. The summed E-state index contributed by atoms with van der Waals surface area (Å²) in [5.74, 6) is 2.90. The van der Waals surface area contributed by atoms with Crippen LogP contribution in [0.1, 0.15) is 32.2 Å². The van der Waals surface area contributed by atoms with Gasteiger partial charge in [-0.2, -0.15) is 11.8 Å². The van der Waals surface area contributed by atoms with Crippen LogP contribution in [0.25, 0.3) is 0 Å². The summed E-state index contributed by atoms with van der Waals surface area (Å²) in [5.41, 5.74) is 0. The van der Waals surface area contributed by atoms with Gasteiger partial charge in [0.25, 0.3) is 0 Å². The van der Waals surface area contributed by atoms with Crippen LogP contribution in [0.15, 0.2) is 12.4 Å². The molecule has 1 aromatic rings. The third kappa shape index (κ3) is 3.03. The normalized spacial score (nSPS) is 13.1. The summed E-state index contributed by atoms with van der Waals surface area (Å²) in [7, 11) is 0. The average molecular weight is 214 g/mol. The maximum atomic E-state index is 9.85. The van der Waals surface area contributed by atoms with Crippen molar-refractivity contribution < 1.29 is 5.11 Å². The molecule has 80 valence electrons. The third-order valence-electron chi connectivity index (χ3n) is 2.13. The second kappa shape index (κ2) is 6.09. The molecule has 1 rings (SSSR count). The van der Waals surface area contributed by atoms with E-state index in [2.05, 4.69) is 18.8 Å². The molecular weight excluding hydrogens is 196 g/mol. The van der Waals surface area contributed by atoms with E-state index in [0.717, 1.165) is 30.3 Å². The predicted molar refractivity (Wildman–Crippen MR) is 60.5 cm³/mol. The van der Waals surface area contributed by atoms with Crippen molar-refractivity contribution in [1.82, 2.24) is 9.55 Å². The molecule has 4 heteroatoms. The van der Waals surface area contributed by atoms with Crippen LogP contribution in [0.5, 0.6) is 0 Å². The van der Waals surface area contributed by atoms with Crippen LogP contribution in [0.4, 0.5) is 0 Å². The Balaban J connectivity index is 2.47. The highest BCUT2D eigenvalue weighted by Gasteiger charge is 2.12. The SMILES string of the molecule is CCSCCC(O)c1nccn1CC. The molecule has 1 N–H and O–H groups in total. The number of hydrogen-bond acceptors (Lipinski definition) is 3. The average Bonchev–Trinajstić information content (AvgIpc) is 2.65. The van der Waals surface area contributed by atoms with E-state index in [-0.39, 0.29) is 0 Å². The molecule has 0 aliphatic carbocycles. The molecule has 0 aliphatic rings. The number of hydrogen-bond donors (Lipinski definition) is 1. The van der Waals surface area contributed by atoms with E-state index in [0.29, 0.717) is 0 Å². The van der Waals surface area contributed by atoms with Crippen molar-refractivity contribution in [1.29, 1.82) is 0 Å². The van der Waals surface area contributed by atoms with Gasteiger partial charge in [0.2, 0.25) is 0 Å². The number of imidazole rings is 1. The molecule has 14 heavy (non-hydrogen) atoms. The summed E-state index contributed by atoms with van der Waals surface area (Å²) in [6.45, 7) is 5.05. The van der Waals surface area contributed by atoms with Crippen molar-refractivity contribution in [3.8, 4) is 0 Å². The Kier molecular flexibility index (Phi) is 5.04. The van der Waals surface area contributed by atoms with Gasteiger partial charge in [-0.3, -0.25) is 0 Å². The highest BCUT2D eigenvalue weighted by atomic mass is 32.2. The molecule has 0 radical (unpaired) electrons. The first kappa shape index (κ1) is 11.6. The third-order valence-corrected chi connectivity index (χ3v) is 3.06. The van der Waals surface area contributed by atoms with Gasteiger partial charge in [-0.25, -0.2) is 4.98 Å². The van der Waals surface area contributed by atoms with Gasteiger partial charge in [0.1, 0.15) is 11.9 Å². The highest BCUT2D eigenvalue weighted by Crippen LogP contribution is 2.17. The minimum atomic E-state index is -0.413. The van der Waals surface area contributed by atoms with Gasteiger partial charge < -0.3 is 9.67 Å². The molecule has 1 unspecified atom stereocenters. The van der Waals surface area contributed by atoms with Gasteiger partial charge in [-0.05, 0) is 24.9 Å². The lowest BCUT2D eigenvalue weighted by atomic mass is 10.2. The molecule has 0 bridgehead atoms. The minimum Gasteiger partial charge on any atom is -0.385 e. The second-order valence-corrected chi connectivity index (χ2v) is 4.47. The smallest absolute Gasteiger partial charge is 0.137 e. The first-order valence-electron chi connectivity index (χ1n) is 5.06. The van der Waals surface area contributed by atoms with Crippen molar-refractivity contribution in [3.05, 3.63) is 18.2 Å². The highest BCUT2D eigenvalue weighted by molar-refractivity contribution is 7.99. The number of nitrogens with zero attached hydrogens (tertiary/aromatic N) is 2. The summed E-state index contributed by atoms with van der Waals surface area (Å²) in [6.07, 6.45) is 4.03. The zero-order valence-electron chi connectivity index (χ0n) is 8.81. The molecule has 0 amide bonds. The van der Waals surface area contributed by atoms with Crippen LogP contribution >= 0.6 is 11.8 Å². The van der Waals surface area contributed by atoms with Gasteiger partial charge in [0, 0.05) is 18.9 Å². The fourth-order valence-electron chi connectivity index (χ4n) is 1.35.